The molecule has 3 saturated heterocycles. The van der Waals surface area contributed by atoms with Crippen molar-refractivity contribution >= 4 is 17.5 Å². The smallest absolute Gasteiger partial charge is 0.252 e. The van der Waals surface area contributed by atoms with Gasteiger partial charge in [-0.3, -0.25) is 9.59 Å². The van der Waals surface area contributed by atoms with Gasteiger partial charge in [0.05, 0.1) is 0 Å². The number of amides is 2. The van der Waals surface area contributed by atoms with Gasteiger partial charge in [-0.15, -0.1) is 0 Å². The summed E-state index contributed by atoms with van der Waals surface area (Å²) >= 11 is 0. The average molecular weight is 434 g/mol. The Hall–Kier alpha value is -2.04. The summed E-state index contributed by atoms with van der Waals surface area (Å²) in [6.45, 7) is 9.27. The zero-order valence-corrected chi connectivity index (χ0v) is 18.5. The van der Waals surface area contributed by atoms with Crippen LogP contribution >= 0.6 is 0 Å². The van der Waals surface area contributed by atoms with E-state index in [1.165, 1.54) is 0 Å². The second-order valence-electron chi connectivity index (χ2n) is 9.05. The number of hydrogen-bond acceptors (Lipinski definition) is 7. The molecule has 31 heavy (non-hydrogen) atoms. The molecule has 9 nitrogen and oxygen atoms in total. The van der Waals surface area contributed by atoms with E-state index in [0.717, 1.165) is 5.56 Å². The lowest BCUT2D eigenvalue weighted by atomic mass is 9.98. The zero-order chi connectivity index (χ0) is 22.4. The summed E-state index contributed by atoms with van der Waals surface area (Å²) in [6, 6.07) is 7.51. The minimum absolute atomic E-state index is 0.127. The topological polar surface area (TPSA) is 104 Å². The van der Waals surface area contributed by atoms with Crippen molar-refractivity contribution in [2.45, 2.75) is 83.3 Å². The summed E-state index contributed by atoms with van der Waals surface area (Å²) in [5.41, 5.74) is 1.82. The maximum atomic E-state index is 12.9. The molecule has 0 aliphatic carbocycles. The third-order valence-corrected chi connectivity index (χ3v) is 5.40. The lowest BCUT2D eigenvalue weighted by Gasteiger charge is -2.36. The molecule has 0 saturated carbocycles. The largest absolute Gasteiger partial charge is 0.353 e. The van der Waals surface area contributed by atoms with Crippen LogP contribution in [0.5, 0.6) is 0 Å². The fraction of sp³-hybridized carbons (Fsp3) is 0.636. The molecule has 0 aromatic heterocycles. The normalized spacial score (nSPS) is 32.7. The molecule has 3 aliphatic rings. The highest BCUT2D eigenvalue weighted by molar-refractivity contribution is 5.91. The van der Waals surface area contributed by atoms with Gasteiger partial charge in [0.15, 0.2) is 24.0 Å². The first-order valence-corrected chi connectivity index (χ1v) is 10.5. The van der Waals surface area contributed by atoms with Gasteiger partial charge in [-0.25, -0.2) is 0 Å². The summed E-state index contributed by atoms with van der Waals surface area (Å²) in [5.74, 6) is -2.31. The number of benzene rings is 1. The van der Waals surface area contributed by atoms with Crippen molar-refractivity contribution in [3.63, 3.8) is 0 Å². The molecule has 170 valence electrons. The van der Waals surface area contributed by atoms with E-state index in [4.69, 9.17) is 23.7 Å². The molecule has 2 amide bonds. The molecule has 9 heteroatoms. The molecule has 2 N–H and O–H groups in total. The van der Waals surface area contributed by atoms with Crippen LogP contribution in [0.4, 0.5) is 5.69 Å². The van der Waals surface area contributed by atoms with E-state index in [1.54, 1.807) is 27.7 Å². The number of carbonyl (C=O) groups is 2. The van der Waals surface area contributed by atoms with Crippen LogP contribution in [0, 0.1) is 6.92 Å². The number of carbonyl (C=O) groups excluding carboxylic acids is 2. The highest BCUT2D eigenvalue weighted by atomic mass is 16.9. The molecule has 0 bridgehead atoms. The highest BCUT2D eigenvalue weighted by Crippen LogP contribution is 2.44. The first kappa shape index (κ1) is 22.2. The van der Waals surface area contributed by atoms with E-state index in [0.29, 0.717) is 5.69 Å². The molecule has 5 atom stereocenters. The van der Waals surface area contributed by atoms with E-state index in [1.807, 2.05) is 31.2 Å². The molecule has 0 radical (unpaired) electrons. The average Bonchev–Trinajstić information content (AvgIpc) is 3.16. The van der Waals surface area contributed by atoms with Crippen molar-refractivity contribution in [3.8, 4) is 0 Å². The monoisotopic (exact) mass is 434 g/mol. The Kier molecular flexibility index (Phi) is 5.82. The second-order valence-corrected chi connectivity index (χ2v) is 9.05. The van der Waals surface area contributed by atoms with Gasteiger partial charge in [0.25, 0.3) is 5.91 Å². The van der Waals surface area contributed by atoms with E-state index in [2.05, 4.69) is 10.6 Å². The van der Waals surface area contributed by atoms with Crippen LogP contribution in [0.2, 0.25) is 0 Å². The molecule has 0 spiro atoms. The molecule has 3 heterocycles. The molecule has 3 aliphatic heterocycles. The molecule has 0 unspecified atom stereocenters. The van der Waals surface area contributed by atoms with Crippen LogP contribution in [0.3, 0.4) is 0 Å². The number of anilines is 1. The van der Waals surface area contributed by atoms with Gasteiger partial charge >= 0.3 is 0 Å². The van der Waals surface area contributed by atoms with Crippen molar-refractivity contribution in [2.75, 3.05) is 11.9 Å². The number of hydrogen-bond donors (Lipinski definition) is 2. The number of fused-ring (bicyclic) bond motifs is 3. The zero-order valence-electron chi connectivity index (χ0n) is 18.5. The number of nitrogens with one attached hydrogen (secondary N) is 2. The Morgan fingerprint density at radius 1 is 0.903 bits per heavy atom. The fourth-order valence-electron chi connectivity index (χ4n) is 4.08. The van der Waals surface area contributed by atoms with Gasteiger partial charge in [0, 0.05) is 18.7 Å². The maximum absolute atomic E-state index is 12.9. The Bertz CT molecular complexity index is 839. The Morgan fingerprint density at radius 3 is 2.23 bits per heavy atom. The minimum atomic E-state index is -0.939. The molecular weight excluding hydrogens is 404 g/mol. The standard InChI is InChI=1S/C22H30N2O7/c1-12-6-8-13(9-7-12)24-14(25)10-11-23-19(26)17-15-16(29-21(2,3)28-15)18-20(27-17)31-22(4,5)30-18/h6-9,15-18,20H,10-11H2,1-5H3,(H,23,26)(H,24,25)/t15-,16-,17-,18-,20-/m1/s1. The summed E-state index contributed by atoms with van der Waals surface area (Å²) in [4.78, 5) is 25.0. The third kappa shape index (κ3) is 4.91. The van der Waals surface area contributed by atoms with Crippen molar-refractivity contribution in [3.05, 3.63) is 29.8 Å². The predicted octanol–water partition coefficient (Wildman–Crippen LogP) is 1.84. The van der Waals surface area contributed by atoms with Gasteiger partial charge in [0.2, 0.25) is 5.91 Å². The maximum Gasteiger partial charge on any atom is 0.252 e. The Labute approximate surface area is 181 Å². The van der Waals surface area contributed by atoms with Crippen LogP contribution in [0.25, 0.3) is 0 Å². The molecular formula is C22H30N2O7. The van der Waals surface area contributed by atoms with Crippen LogP contribution in [0.1, 0.15) is 39.7 Å². The lowest BCUT2D eigenvalue weighted by Crippen LogP contribution is -2.59. The lowest BCUT2D eigenvalue weighted by molar-refractivity contribution is -0.231. The van der Waals surface area contributed by atoms with Crippen LogP contribution in [0.15, 0.2) is 24.3 Å². The predicted molar refractivity (Wildman–Crippen MR) is 110 cm³/mol. The van der Waals surface area contributed by atoms with Crippen molar-refractivity contribution in [1.82, 2.24) is 5.32 Å². The highest BCUT2D eigenvalue weighted by Gasteiger charge is 2.62. The summed E-state index contributed by atoms with van der Waals surface area (Å²) < 4.78 is 29.6. The molecule has 4 rings (SSSR count). The van der Waals surface area contributed by atoms with E-state index in [9.17, 15) is 9.59 Å². The second kappa shape index (κ2) is 8.14. The minimum Gasteiger partial charge on any atom is -0.353 e. The number of aryl methyl sites for hydroxylation is 1. The van der Waals surface area contributed by atoms with E-state index >= 15 is 0 Å². The molecule has 1 aromatic rings. The first-order valence-electron chi connectivity index (χ1n) is 10.5. The number of ether oxygens (including phenoxy) is 5. The third-order valence-electron chi connectivity index (χ3n) is 5.40. The van der Waals surface area contributed by atoms with Crippen molar-refractivity contribution in [1.29, 1.82) is 0 Å². The SMILES string of the molecule is Cc1ccc(NC(=O)CCNC(=O)[C@@H]2O[C@@H]3OC(C)(C)O[C@@H]3[C@@H]3OC(C)(C)O[C@H]32)cc1. The Balaban J connectivity index is 1.34. The fourth-order valence-corrected chi connectivity index (χ4v) is 4.08. The summed E-state index contributed by atoms with van der Waals surface area (Å²) in [7, 11) is 0. The molecule has 1 aromatic carbocycles. The Morgan fingerprint density at radius 2 is 1.52 bits per heavy atom. The van der Waals surface area contributed by atoms with Gasteiger partial charge in [0.1, 0.15) is 18.3 Å². The van der Waals surface area contributed by atoms with Gasteiger partial charge < -0.3 is 34.3 Å². The molecule has 3 fully saturated rings. The van der Waals surface area contributed by atoms with Crippen LogP contribution in [-0.4, -0.2) is 60.6 Å². The van der Waals surface area contributed by atoms with Gasteiger partial charge in [-0.2, -0.15) is 0 Å². The summed E-state index contributed by atoms with van der Waals surface area (Å²) in [5, 5.41) is 5.57. The van der Waals surface area contributed by atoms with Crippen molar-refractivity contribution < 1.29 is 33.3 Å². The van der Waals surface area contributed by atoms with Gasteiger partial charge in [-0.1, -0.05) is 17.7 Å². The van der Waals surface area contributed by atoms with Crippen molar-refractivity contribution in [2.24, 2.45) is 0 Å². The summed E-state index contributed by atoms with van der Waals surface area (Å²) in [6.07, 6.45) is -3.19. The van der Waals surface area contributed by atoms with E-state index < -0.39 is 42.3 Å². The number of rotatable bonds is 5. The first-order chi connectivity index (χ1) is 14.5. The quantitative estimate of drug-likeness (QED) is 0.729. The van der Waals surface area contributed by atoms with Crippen LogP contribution in [-0.2, 0) is 33.3 Å². The van der Waals surface area contributed by atoms with Gasteiger partial charge in [-0.05, 0) is 46.8 Å². The van der Waals surface area contributed by atoms with Crippen LogP contribution < -0.4 is 10.6 Å². The van der Waals surface area contributed by atoms with E-state index in [-0.39, 0.29) is 24.8 Å².